The lowest BCUT2D eigenvalue weighted by Crippen LogP contribution is -2.41. The van der Waals surface area contributed by atoms with Crippen LogP contribution in [0.5, 0.6) is 0 Å². The van der Waals surface area contributed by atoms with Gasteiger partial charge in [-0.2, -0.15) is 0 Å². The Bertz CT molecular complexity index is 1210. The molecule has 0 nitrogen and oxygen atoms in total. The van der Waals surface area contributed by atoms with Crippen molar-refractivity contribution in [2.45, 2.75) is 33.0 Å². The standard InChI is InChI=1S/C27H26Si/c1-18-11-10-16-22-24(18)25(19-12-6-5-7-13-19)26-21-15-9-8-14-20(21)17-23(26)27(22)28(2,3)4/h5-16H,17H2,1-4H3. The summed E-state index contributed by atoms with van der Waals surface area (Å²) in [6, 6.07) is 26.9. The van der Waals surface area contributed by atoms with Crippen LogP contribution < -0.4 is 5.19 Å². The zero-order valence-corrected chi connectivity index (χ0v) is 18.1. The van der Waals surface area contributed by atoms with E-state index in [0.717, 1.165) is 6.42 Å². The number of rotatable bonds is 2. The van der Waals surface area contributed by atoms with Crippen LogP contribution >= 0.6 is 0 Å². The van der Waals surface area contributed by atoms with Crippen molar-refractivity contribution >= 4 is 24.0 Å². The van der Waals surface area contributed by atoms with Gasteiger partial charge in [0.15, 0.2) is 0 Å². The number of benzene rings is 4. The fraction of sp³-hybridized carbons (Fsp3) is 0.185. The van der Waals surface area contributed by atoms with Crippen molar-refractivity contribution < 1.29 is 0 Å². The predicted molar refractivity (Wildman–Crippen MR) is 125 cm³/mol. The highest BCUT2D eigenvalue weighted by atomic mass is 28.3. The third-order valence-corrected chi connectivity index (χ3v) is 8.18. The SMILES string of the molecule is Cc1cccc2c([Si](C)(C)C)c3c(c(-c4ccccc4)c12)-c1ccccc1C3. The van der Waals surface area contributed by atoms with Crippen molar-refractivity contribution in [1.82, 2.24) is 0 Å². The van der Waals surface area contributed by atoms with Crippen molar-refractivity contribution in [2.24, 2.45) is 0 Å². The Morgan fingerprint density at radius 1 is 0.714 bits per heavy atom. The lowest BCUT2D eigenvalue weighted by atomic mass is 9.87. The second-order valence-electron chi connectivity index (χ2n) is 9.05. The van der Waals surface area contributed by atoms with Crippen LogP contribution in [-0.2, 0) is 6.42 Å². The highest BCUT2D eigenvalue weighted by Gasteiger charge is 2.32. The van der Waals surface area contributed by atoms with E-state index in [9.17, 15) is 0 Å². The van der Waals surface area contributed by atoms with Crippen molar-refractivity contribution in [3.8, 4) is 22.3 Å². The Morgan fingerprint density at radius 3 is 2.18 bits per heavy atom. The van der Waals surface area contributed by atoms with E-state index >= 15 is 0 Å². The summed E-state index contributed by atoms with van der Waals surface area (Å²) < 4.78 is 0. The molecule has 0 bridgehead atoms. The average molecular weight is 379 g/mol. The fourth-order valence-electron chi connectivity index (χ4n) is 5.10. The molecule has 5 rings (SSSR count). The second kappa shape index (κ2) is 6.18. The summed E-state index contributed by atoms with van der Waals surface area (Å²) >= 11 is 0. The van der Waals surface area contributed by atoms with E-state index in [1.54, 1.807) is 10.8 Å². The summed E-state index contributed by atoms with van der Waals surface area (Å²) in [5.41, 5.74) is 10.1. The molecule has 138 valence electrons. The Balaban J connectivity index is 2.06. The lowest BCUT2D eigenvalue weighted by molar-refractivity contribution is 1.28. The molecule has 4 aromatic carbocycles. The third kappa shape index (κ3) is 2.50. The first-order valence-electron chi connectivity index (χ1n) is 10.2. The van der Waals surface area contributed by atoms with Crippen molar-refractivity contribution in [2.75, 3.05) is 0 Å². The van der Waals surface area contributed by atoms with E-state index in [1.807, 2.05) is 0 Å². The average Bonchev–Trinajstić information content (AvgIpc) is 3.05. The number of hydrogen-bond acceptors (Lipinski definition) is 0. The van der Waals surface area contributed by atoms with Crippen LogP contribution in [0.15, 0.2) is 72.8 Å². The van der Waals surface area contributed by atoms with E-state index in [2.05, 4.69) is 99.4 Å². The molecule has 0 unspecified atom stereocenters. The van der Waals surface area contributed by atoms with E-state index in [0.29, 0.717) is 0 Å². The largest absolute Gasteiger partial charge is 0.0788 e. The molecular formula is C27H26Si. The van der Waals surface area contributed by atoms with Crippen LogP contribution in [0.4, 0.5) is 0 Å². The van der Waals surface area contributed by atoms with Gasteiger partial charge in [0, 0.05) is 0 Å². The first kappa shape index (κ1) is 17.5. The van der Waals surface area contributed by atoms with E-state index in [1.165, 1.54) is 44.2 Å². The van der Waals surface area contributed by atoms with E-state index < -0.39 is 8.07 Å². The molecule has 0 N–H and O–H groups in total. The van der Waals surface area contributed by atoms with Gasteiger partial charge in [0.05, 0.1) is 8.07 Å². The summed E-state index contributed by atoms with van der Waals surface area (Å²) in [6.45, 7) is 9.76. The van der Waals surface area contributed by atoms with Crippen LogP contribution in [0.2, 0.25) is 19.6 Å². The van der Waals surface area contributed by atoms with Gasteiger partial charge in [-0.05, 0) is 68.2 Å². The monoisotopic (exact) mass is 378 g/mol. The first-order chi connectivity index (χ1) is 13.5. The van der Waals surface area contributed by atoms with Gasteiger partial charge in [-0.3, -0.25) is 0 Å². The topological polar surface area (TPSA) is 0 Å². The maximum Gasteiger partial charge on any atom is 0.0788 e. The quantitative estimate of drug-likeness (QED) is 0.292. The molecule has 0 saturated heterocycles. The molecule has 0 aromatic heterocycles. The summed E-state index contributed by atoms with van der Waals surface area (Å²) in [7, 11) is -1.54. The smallest absolute Gasteiger partial charge is 0.0656 e. The van der Waals surface area contributed by atoms with Crippen LogP contribution in [0, 0.1) is 6.92 Å². The van der Waals surface area contributed by atoms with Gasteiger partial charge in [-0.1, -0.05) is 92.4 Å². The van der Waals surface area contributed by atoms with Gasteiger partial charge in [-0.25, -0.2) is 0 Å². The molecule has 0 amide bonds. The highest BCUT2D eigenvalue weighted by molar-refractivity contribution is 6.91. The Kier molecular flexibility index (Phi) is 3.85. The van der Waals surface area contributed by atoms with Gasteiger partial charge < -0.3 is 0 Å². The van der Waals surface area contributed by atoms with Gasteiger partial charge in [-0.15, -0.1) is 0 Å². The molecule has 0 fully saturated rings. The minimum Gasteiger partial charge on any atom is -0.0656 e. The van der Waals surface area contributed by atoms with Crippen LogP contribution in [0.3, 0.4) is 0 Å². The molecule has 0 heterocycles. The molecule has 1 aliphatic rings. The summed E-state index contributed by atoms with van der Waals surface area (Å²) in [4.78, 5) is 0. The maximum atomic E-state index is 2.50. The molecule has 0 atom stereocenters. The zero-order chi connectivity index (χ0) is 19.5. The van der Waals surface area contributed by atoms with Crippen LogP contribution in [0.1, 0.15) is 16.7 Å². The molecule has 0 spiro atoms. The van der Waals surface area contributed by atoms with Crippen LogP contribution in [-0.4, -0.2) is 8.07 Å². The van der Waals surface area contributed by atoms with Crippen molar-refractivity contribution in [1.29, 1.82) is 0 Å². The Hall–Kier alpha value is -2.64. The van der Waals surface area contributed by atoms with Gasteiger partial charge in [0.1, 0.15) is 0 Å². The summed E-state index contributed by atoms with van der Waals surface area (Å²) in [6.07, 6.45) is 1.06. The molecule has 1 aliphatic carbocycles. The molecule has 28 heavy (non-hydrogen) atoms. The lowest BCUT2D eigenvalue weighted by Gasteiger charge is -2.27. The van der Waals surface area contributed by atoms with Gasteiger partial charge >= 0.3 is 0 Å². The van der Waals surface area contributed by atoms with Crippen LogP contribution in [0.25, 0.3) is 33.0 Å². The first-order valence-corrected chi connectivity index (χ1v) is 13.7. The minimum atomic E-state index is -1.54. The fourth-order valence-corrected chi connectivity index (χ4v) is 7.24. The molecule has 4 aromatic rings. The zero-order valence-electron chi connectivity index (χ0n) is 17.1. The normalized spacial score (nSPS) is 12.9. The maximum absolute atomic E-state index is 2.50. The second-order valence-corrected chi connectivity index (χ2v) is 14.1. The number of hydrogen-bond donors (Lipinski definition) is 0. The molecule has 1 heteroatoms. The van der Waals surface area contributed by atoms with Crippen molar-refractivity contribution in [3.63, 3.8) is 0 Å². The summed E-state index contributed by atoms with van der Waals surface area (Å²) in [5, 5.41) is 4.57. The minimum absolute atomic E-state index is 1.06. The molecule has 0 radical (unpaired) electrons. The molecular weight excluding hydrogens is 352 g/mol. The Morgan fingerprint density at radius 2 is 1.43 bits per heavy atom. The molecule has 0 aliphatic heterocycles. The van der Waals surface area contributed by atoms with Gasteiger partial charge in [0.2, 0.25) is 0 Å². The summed E-state index contributed by atoms with van der Waals surface area (Å²) in [5.74, 6) is 0. The number of fused-ring (bicyclic) bond motifs is 4. The van der Waals surface area contributed by atoms with Gasteiger partial charge in [0.25, 0.3) is 0 Å². The highest BCUT2D eigenvalue weighted by Crippen LogP contribution is 2.47. The van der Waals surface area contributed by atoms with Crippen molar-refractivity contribution in [3.05, 3.63) is 89.5 Å². The predicted octanol–water partition coefficient (Wildman–Crippen LogP) is 6.93. The van der Waals surface area contributed by atoms with E-state index in [-0.39, 0.29) is 0 Å². The molecule has 0 saturated carbocycles. The van der Waals surface area contributed by atoms with E-state index in [4.69, 9.17) is 0 Å². The Labute approximate surface area is 168 Å². The third-order valence-electron chi connectivity index (χ3n) is 6.11. The number of aryl methyl sites for hydroxylation is 1.